The number of morpholine rings is 1. The molecule has 1 saturated heterocycles. The molecule has 2 unspecified atom stereocenters. The number of nitrogens with two attached hydrogens (primary N) is 1. The maximum atomic E-state index is 6.06. The molecular formula is C18H24N4OS. The summed E-state index contributed by atoms with van der Waals surface area (Å²) in [5.74, 6) is 0.448. The van der Waals surface area contributed by atoms with Gasteiger partial charge in [-0.3, -0.25) is 9.89 Å². The van der Waals surface area contributed by atoms with Crippen LogP contribution in [0.15, 0.2) is 52.8 Å². The molecule has 3 rings (SSSR count). The minimum atomic E-state index is 0.243. The van der Waals surface area contributed by atoms with Crippen LogP contribution < -0.4 is 11.1 Å². The van der Waals surface area contributed by atoms with Crippen LogP contribution in [0.3, 0.4) is 0 Å². The van der Waals surface area contributed by atoms with Crippen molar-refractivity contribution in [2.45, 2.75) is 19.1 Å². The summed E-state index contributed by atoms with van der Waals surface area (Å²) in [6.07, 6.45) is 0.255. The predicted molar refractivity (Wildman–Crippen MR) is 101 cm³/mol. The molecule has 6 heteroatoms. The SMILES string of the molecule is CC1CN(C(CN=C(N)Nc2ccccc2)c2cccs2)CCO1. The molecule has 1 aromatic heterocycles. The summed E-state index contributed by atoms with van der Waals surface area (Å²) in [5.41, 5.74) is 7.01. The van der Waals surface area contributed by atoms with E-state index < -0.39 is 0 Å². The van der Waals surface area contributed by atoms with Crippen molar-refractivity contribution in [2.75, 3.05) is 31.6 Å². The normalized spacial score (nSPS) is 20.7. The van der Waals surface area contributed by atoms with Crippen LogP contribution >= 0.6 is 11.3 Å². The van der Waals surface area contributed by atoms with E-state index in [1.165, 1.54) is 4.88 Å². The number of benzene rings is 1. The summed E-state index contributed by atoms with van der Waals surface area (Å²) in [5, 5.41) is 5.25. The van der Waals surface area contributed by atoms with Gasteiger partial charge in [0.25, 0.3) is 0 Å². The molecule has 2 heterocycles. The Kier molecular flexibility index (Phi) is 5.85. The van der Waals surface area contributed by atoms with E-state index in [1.54, 1.807) is 11.3 Å². The van der Waals surface area contributed by atoms with Crippen LogP contribution in [0.2, 0.25) is 0 Å². The zero-order valence-electron chi connectivity index (χ0n) is 13.9. The van der Waals surface area contributed by atoms with Crippen molar-refractivity contribution >= 4 is 23.0 Å². The van der Waals surface area contributed by atoms with Crippen molar-refractivity contribution in [1.82, 2.24) is 4.90 Å². The number of thiophene rings is 1. The molecule has 1 fully saturated rings. The fourth-order valence-electron chi connectivity index (χ4n) is 2.89. The van der Waals surface area contributed by atoms with Crippen molar-refractivity contribution in [3.63, 3.8) is 0 Å². The number of hydrogen-bond acceptors (Lipinski definition) is 4. The molecule has 0 aliphatic carbocycles. The Labute approximate surface area is 147 Å². The molecule has 1 aliphatic rings. The van der Waals surface area contributed by atoms with Gasteiger partial charge in [0.15, 0.2) is 5.96 Å². The van der Waals surface area contributed by atoms with Crippen LogP contribution in [0, 0.1) is 0 Å². The fourth-order valence-corrected chi connectivity index (χ4v) is 3.74. The summed E-state index contributed by atoms with van der Waals surface area (Å²) >= 11 is 1.77. The van der Waals surface area contributed by atoms with Crippen LogP contribution in [0.25, 0.3) is 0 Å². The average molecular weight is 344 g/mol. The third-order valence-electron chi connectivity index (χ3n) is 4.07. The molecule has 0 amide bonds. The minimum absolute atomic E-state index is 0.243. The Morgan fingerprint density at radius 1 is 1.38 bits per heavy atom. The number of aliphatic imine (C=N–C) groups is 1. The standard InChI is InChI=1S/C18H24N4OS/c1-14-13-22(9-10-23-14)16(17-8-5-11-24-17)12-20-18(19)21-15-6-3-2-4-7-15/h2-8,11,14,16H,9-10,12-13H2,1H3,(H3,19,20,21). The second-order valence-electron chi connectivity index (χ2n) is 5.92. The maximum absolute atomic E-state index is 6.06. The molecule has 0 saturated carbocycles. The lowest BCUT2D eigenvalue weighted by Crippen LogP contribution is -2.44. The van der Waals surface area contributed by atoms with Gasteiger partial charge in [0, 0.05) is 23.7 Å². The molecule has 5 nitrogen and oxygen atoms in total. The summed E-state index contributed by atoms with van der Waals surface area (Å²) < 4.78 is 5.67. The minimum Gasteiger partial charge on any atom is -0.376 e. The largest absolute Gasteiger partial charge is 0.376 e. The molecule has 3 N–H and O–H groups in total. The highest BCUT2D eigenvalue weighted by Crippen LogP contribution is 2.27. The number of rotatable bonds is 5. The van der Waals surface area contributed by atoms with Gasteiger partial charge >= 0.3 is 0 Å². The molecular weight excluding hydrogens is 320 g/mol. The second kappa shape index (κ2) is 8.28. The number of anilines is 1. The molecule has 24 heavy (non-hydrogen) atoms. The van der Waals surface area contributed by atoms with Gasteiger partial charge in [-0.1, -0.05) is 24.3 Å². The van der Waals surface area contributed by atoms with E-state index in [-0.39, 0.29) is 12.1 Å². The summed E-state index contributed by atoms with van der Waals surface area (Å²) in [4.78, 5) is 8.35. The van der Waals surface area contributed by atoms with Gasteiger partial charge in [-0.05, 0) is 30.5 Å². The lowest BCUT2D eigenvalue weighted by atomic mass is 10.1. The smallest absolute Gasteiger partial charge is 0.193 e. The molecule has 0 spiro atoms. The van der Waals surface area contributed by atoms with Gasteiger partial charge in [0.1, 0.15) is 0 Å². The molecule has 0 radical (unpaired) electrons. The Morgan fingerprint density at radius 2 is 2.21 bits per heavy atom. The van der Waals surface area contributed by atoms with Crippen LogP contribution in [0.1, 0.15) is 17.8 Å². The average Bonchev–Trinajstić information content (AvgIpc) is 3.10. The quantitative estimate of drug-likeness (QED) is 0.647. The van der Waals surface area contributed by atoms with Crippen LogP contribution in [-0.2, 0) is 4.74 Å². The first kappa shape index (κ1) is 17.0. The van der Waals surface area contributed by atoms with E-state index in [4.69, 9.17) is 10.5 Å². The van der Waals surface area contributed by atoms with Crippen molar-refractivity contribution < 1.29 is 4.74 Å². The predicted octanol–water partition coefficient (Wildman–Crippen LogP) is 2.94. The Balaban J connectivity index is 1.68. The van der Waals surface area contributed by atoms with Crippen molar-refractivity contribution in [2.24, 2.45) is 10.7 Å². The van der Waals surface area contributed by atoms with E-state index in [9.17, 15) is 0 Å². The van der Waals surface area contributed by atoms with Crippen molar-refractivity contribution in [3.05, 3.63) is 52.7 Å². The third kappa shape index (κ3) is 4.56. The van der Waals surface area contributed by atoms with Gasteiger partial charge < -0.3 is 15.8 Å². The first-order valence-electron chi connectivity index (χ1n) is 8.23. The van der Waals surface area contributed by atoms with Crippen molar-refractivity contribution in [3.8, 4) is 0 Å². The summed E-state index contributed by atoms with van der Waals surface area (Å²) in [6, 6.07) is 14.4. The lowest BCUT2D eigenvalue weighted by Gasteiger charge is -2.36. The topological polar surface area (TPSA) is 62.9 Å². The zero-order valence-corrected chi connectivity index (χ0v) is 14.7. The van der Waals surface area contributed by atoms with E-state index in [0.717, 1.165) is 25.4 Å². The van der Waals surface area contributed by atoms with Gasteiger partial charge in [-0.15, -0.1) is 11.3 Å². The van der Waals surface area contributed by atoms with E-state index >= 15 is 0 Å². The molecule has 2 aromatic rings. The molecule has 128 valence electrons. The first-order valence-corrected chi connectivity index (χ1v) is 9.11. The van der Waals surface area contributed by atoms with Crippen molar-refractivity contribution in [1.29, 1.82) is 0 Å². The van der Waals surface area contributed by atoms with E-state index in [1.807, 2.05) is 30.3 Å². The van der Waals surface area contributed by atoms with Gasteiger partial charge in [0.05, 0.1) is 25.3 Å². The summed E-state index contributed by atoms with van der Waals surface area (Å²) in [6.45, 7) is 5.37. The van der Waals surface area contributed by atoms with E-state index in [0.29, 0.717) is 12.5 Å². The number of nitrogens with zero attached hydrogens (tertiary/aromatic N) is 2. The zero-order chi connectivity index (χ0) is 16.8. The highest BCUT2D eigenvalue weighted by molar-refractivity contribution is 7.10. The third-order valence-corrected chi connectivity index (χ3v) is 5.04. The number of nitrogens with one attached hydrogen (secondary N) is 1. The number of hydrogen-bond donors (Lipinski definition) is 2. The van der Waals surface area contributed by atoms with E-state index in [2.05, 4.69) is 39.6 Å². The van der Waals surface area contributed by atoms with Crippen LogP contribution in [0.5, 0.6) is 0 Å². The number of guanidine groups is 1. The van der Waals surface area contributed by atoms with Gasteiger partial charge in [0.2, 0.25) is 0 Å². The number of para-hydroxylation sites is 1. The van der Waals surface area contributed by atoms with Crippen LogP contribution in [-0.4, -0.2) is 43.2 Å². The monoisotopic (exact) mass is 344 g/mol. The Hall–Kier alpha value is -1.89. The highest BCUT2D eigenvalue weighted by Gasteiger charge is 2.26. The summed E-state index contributed by atoms with van der Waals surface area (Å²) in [7, 11) is 0. The highest BCUT2D eigenvalue weighted by atomic mass is 32.1. The maximum Gasteiger partial charge on any atom is 0.193 e. The first-order chi connectivity index (χ1) is 11.7. The van der Waals surface area contributed by atoms with Gasteiger partial charge in [-0.2, -0.15) is 0 Å². The van der Waals surface area contributed by atoms with Gasteiger partial charge in [-0.25, -0.2) is 0 Å². The molecule has 1 aliphatic heterocycles. The van der Waals surface area contributed by atoms with Crippen LogP contribution in [0.4, 0.5) is 5.69 Å². The lowest BCUT2D eigenvalue weighted by molar-refractivity contribution is -0.0327. The fraction of sp³-hybridized carbons (Fsp3) is 0.389. The molecule has 2 atom stereocenters. The molecule has 0 bridgehead atoms. The molecule has 1 aromatic carbocycles. The second-order valence-corrected chi connectivity index (χ2v) is 6.90. The number of ether oxygens (including phenoxy) is 1. The Morgan fingerprint density at radius 3 is 2.92 bits per heavy atom. The Bertz CT molecular complexity index is 644.